The quantitative estimate of drug-likeness (QED) is 0.212. The molecular formula is C37H40O6. The maximum atomic E-state index is 13.8. The van der Waals surface area contributed by atoms with Gasteiger partial charge in [0, 0.05) is 42.4 Å². The van der Waals surface area contributed by atoms with Crippen molar-refractivity contribution in [3.63, 3.8) is 0 Å². The Morgan fingerprint density at radius 3 is 2.53 bits per heavy atom. The van der Waals surface area contributed by atoms with Gasteiger partial charge in [0.05, 0.1) is 13.2 Å². The number of hydrogen-bond acceptors (Lipinski definition) is 6. The van der Waals surface area contributed by atoms with E-state index in [4.69, 9.17) is 4.74 Å². The molecule has 3 aromatic carbocycles. The maximum Gasteiger partial charge on any atom is 0.160 e. The van der Waals surface area contributed by atoms with E-state index >= 15 is 0 Å². The van der Waals surface area contributed by atoms with Crippen molar-refractivity contribution in [2.75, 3.05) is 7.11 Å². The number of benzene rings is 3. The third-order valence-corrected chi connectivity index (χ3v) is 10.4. The Hall–Kier alpha value is -3.95. The summed E-state index contributed by atoms with van der Waals surface area (Å²) in [6, 6.07) is 18.8. The molecule has 43 heavy (non-hydrogen) atoms. The Labute approximate surface area is 253 Å². The van der Waals surface area contributed by atoms with Gasteiger partial charge in [0.15, 0.2) is 23.0 Å². The number of carbonyl (C=O) groups excluding carboxylic acids is 1. The van der Waals surface area contributed by atoms with Crippen molar-refractivity contribution in [3.05, 3.63) is 82.9 Å². The van der Waals surface area contributed by atoms with Crippen molar-refractivity contribution in [1.82, 2.24) is 0 Å². The largest absolute Gasteiger partial charge is 0.504 e. The Bertz CT molecular complexity index is 1550. The van der Waals surface area contributed by atoms with Crippen LogP contribution in [0, 0.1) is 29.6 Å². The lowest BCUT2D eigenvalue weighted by Crippen LogP contribution is -2.48. The molecule has 6 heteroatoms. The average Bonchev–Trinajstić information content (AvgIpc) is 3.44. The number of Topliss-reactive ketones (excluding diaryl/α,β-unsaturated/α-hetero) is 1. The highest BCUT2D eigenvalue weighted by molar-refractivity contribution is 5.80. The summed E-state index contributed by atoms with van der Waals surface area (Å²) in [6.07, 6.45) is 5.12. The lowest BCUT2D eigenvalue weighted by atomic mass is 9.56. The van der Waals surface area contributed by atoms with Crippen LogP contribution < -0.4 is 4.74 Å². The average molecular weight is 581 g/mol. The molecule has 0 bridgehead atoms. The molecule has 6 nitrogen and oxygen atoms in total. The number of aryl methyl sites for hydroxylation is 1. The van der Waals surface area contributed by atoms with Crippen molar-refractivity contribution in [3.8, 4) is 34.8 Å². The van der Waals surface area contributed by atoms with Crippen molar-refractivity contribution in [2.45, 2.75) is 75.2 Å². The van der Waals surface area contributed by atoms with Crippen LogP contribution in [0.15, 0.2) is 60.7 Å². The monoisotopic (exact) mass is 580 g/mol. The van der Waals surface area contributed by atoms with Crippen LogP contribution in [0.1, 0.15) is 73.1 Å². The van der Waals surface area contributed by atoms with Gasteiger partial charge in [-0.15, -0.1) is 5.92 Å². The highest BCUT2D eigenvalue weighted by Crippen LogP contribution is 2.59. The normalized spacial score (nSPS) is 28.7. The number of ketones is 1. The molecule has 0 heterocycles. The Morgan fingerprint density at radius 1 is 0.953 bits per heavy atom. The minimum Gasteiger partial charge on any atom is -0.504 e. The van der Waals surface area contributed by atoms with E-state index in [0.717, 1.165) is 54.4 Å². The van der Waals surface area contributed by atoms with Crippen LogP contribution in [-0.4, -0.2) is 39.4 Å². The van der Waals surface area contributed by atoms with Gasteiger partial charge in [-0.2, -0.15) is 0 Å². The topological polar surface area (TPSA) is 107 Å². The van der Waals surface area contributed by atoms with Crippen LogP contribution in [0.25, 0.3) is 0 Å². The van der Waals surface area contributed by atoms with E-state index < -0.39 is 11.5 Å². The van der Waals surface area contributed by atoms with E-state index in [2.05, 4.69) is 24.0 Å². The lowest BCUT2D eigenvalue weighted by molar-refractivity contribution is -0.123. The van der Waals surface area contributed by atoms with Crippen LogP contribution >= 0.6 is 0 Å². The number of fused-ring (bicyclic) bond motifs is 3. The number of rotatable bonds is 5. The number of aromatic hydroxyl groups is 3. The molecule has 6 unspecified atom stereocenters. The minimum atomic E-state index is -0.884. The van der Waals surface area contributed by atoms with Crippen LogP contribution in [0.5, 0.6) is 23.0 Å². The first-order valence-electron chi connectivity index (χ1n) is 15.4. The molecule has 3 aromatic rings. The first kappa shape index (κ1) is 29.1. The smallest absolute Gasteiger partial charge is 0.160 e. The van der Waals surface area contributed by atoms with Gasteiger partial charge in [-0.3, -0.25) is 4.79 Å². The minimum absolute atomic E-state index is 0.0214. The number of phenolic OH excluding ortho intramolecular Hbond substituents is 3. The second-order valence-corrected chi connectivity index (χ2v) is 12.6. The number of ether oxygens (including phenoxy) is 1. The zero-order valence-corrected chi connectivity index (χ0v) is 24.6. The SMILES string of the molecule is COc1cc(C2CC(=O)CC(O)C(C34CCCC3CCc3cc(O)c(O)cc34)CC#CC2Cc2ccccc2)ccc1O. The lowest BCUT2D eigenvalue weighted by Gasteiger charge is -2.48. The van der Waals surface area contributed by atoms with E-state index in [1.165, 1.54) is 7.11 Å². The van der Waals surface area contributed by atoms with Gasteiger partial charge in [-0.1, -0.05) is 48.7 Å². The Balaban J connectivity index is 1.43. The molecule has 3 aliphatic carbocycles. The van der Waals surface area contributed by atoms with Crippen LogP contribution in [0.4, 0.5) is 0 Å². The third kappa shape index (κ3) is 5.47. The van der Waals surface area contributed by atoms with Crippen LogP contribution in [0.3, 0.4) is 0 Å². The molecule has 0 aromatic heterocycles. The molecule has 0 spiro atoms. The molecule has 0 aliphatic heterocycles. The number of phenols is 3. The predicted molar refractivity (Wildman–Crippen MR) is 164 cm³/mol. The summed E-state index contributed by atoms with van der Waals surface area (Å²) in [6.45, 7) is 0. The molecule has 1 fully saturated rings. The van der Waals surface area contributed by atoms with E-state index in [1.54, 1.807) is 24.3 Å². The van der Waals surface area contributed by atoms with E-state index in [1.807, 2.05) is 24.3 Å². The van der Waals surface area contributed by atoms with E-state index in [9.17, 15) is 25.2 Å². The van der Waals surface area contributed by atoms with E-state index in [0.29, 0.717) is 24.5 Å². The molecule has 0 amide bonds. The van der Waals surface area contributed by atoms with Gasteiger partial charge < -0.3 is 25.2 Å². The van der Waals surface area contributed by atoms with Crippen molar-refractivity contribution in [2.24, 2.45) is 17.8 Å². The summed E-state index contributed by atoms with van der Waals surface area (Å²) in [4.78, 5) is 13.8. The second kappa shape index (κ2) is 12.0. The number of hydrogen-bond donors (Lipinski definition) is 4. The Kier molecular flexibility index (Phi) is 8.11. The zero-order valence-electron chi connectivity index (χ0n) is 24.6. The zero-order chi connectivity index (χ0) is 30.1. The molecule has 6 atom stereocenters. The highest BCUT2D eigenvalue weighted by Gasteiger charge is 2.54. The summed E-state index contributed by atoms with van der Waals surface area (Å²) < 4.78 is 5.40. The predicted octanol–water partition coefficient (Wildman–Crippen LogP) is 6.17. The van der Waals surface area contributed by atoms with Crippen molar-refractivity contribution < 1.29 is 30.0 Å². The fraction of sp³-hybridized carbons (Fsp3) is 0.432. The summed E-state index contributed by atoms with van der Waals surface area (Å²) in [5, 5.41) is 42.9. The number of carbonyl (C=O) groups is 1. The van der Waals surface area contributed by atoms with Crippen molar-refractivity contribution >= 4 is 5.78 Å². The number of aliphatic hydroxyl groups is 1. The Morgan fingerprint density at radius 2 is 1.74 bits per heavy atom. The highest BCUT2D eigenvalue weighted by atomic mass is 16.5. The fourth-order valence-corrected chi connectivity index (χ4v) is 8.38. The van der Waals surface area contributed by atoms with E-state index in [-0.39, 0.29) is 53.6 Å². The molecule has 0 saturated heterocycles. The molecule has 3 aliphatic rings. The van der Waals surface area contributed by atoms with Crippen LogP contribution in [-0.2, 0) is 23.1 Å². The summed E-state index contributed by atoms with van der Waals surface area (Å²) >= 11 is 0. The molecule has 6 rings (SSSR count). The van der Waals surface area contributed by atoms with Gasteiger partial charge in [0.25, 0.3) is 0 Å². The second-order valence-electron chi connectivity index (χ2n) is 12.6. The third-order valence-electron chi connectivity index (χ3n) is 10.4. The standard InChI is InChI=1S/C37H40O6/c1-43-36-19-25(13-15-32(36)39)29-20-28(38)21-33(40)30(11-5-9-24(29)17-23-7-3-2-4-8-23)37-16-6-10-27(37)14-12-26-18-34(41)35(42)22-31(26)37/h2-4,7-8,13,15,18-19,22,24,27,29-30,33,39-42H,6,10-12,14,16-17,20-21H2,1H3. The number of aliphatic hydroxyl groups excluding tert-OH is 1. The summed E-state index contributed by atoms with van der Waals surface area (Å²) in [5.74, 6) is 6.81. The molecule has 224 valence electrons. The first-order valence-corrected chi connectivity index (χ1v) is 15.4. The van der Waals surface area contributed by atoms with Gasteiger partial charge in [-0.25, -0.2) is 0 Å². The van der Waals surface area contributed by atoms with Gasteiger partial charge in [-0.05, 0) is 84.5 Å². The van der Waals surface area contributed by atoms with Gasteiger partial charge in [0.1, 0.15) is 5.78 Å². The van der Waals surface area contributed by atoms with Gasteiger partial charge in [0.2, 0.25) is 0 Å². The maximum absolute atomic E-state index is 13.8. The van der Waals surface area contributed by atoms with Crippen molar-refractivity contribution in [1.29, 1.82) is 0 Å². The fourth-order valence-electron chi connectivity index (χ4n) is 8.38. The summed E-state index contributed by atoms with van der Waals surface area (Å²) in [5.41, 5.74) is 3.60. The molecular weight excluding hydrogens is 540 g/mol. The molecule has 0 radical (unpaired) electrons. The summed E-state index contributed by atoms with van der Waals surface area (Å²) in [7, 11) is 1.51. The molecule has 1 saturated carbocycles. The van der Waals surface area contributed by atoms with Crippen LogP contribution in [0.2, 0.25) is 0 Å². The number of methoxy groups -OCH3 is 1. The van der Waals surface area contributed by atoms with Gasteiger partial charge >= 0.3 is 0 Å². The first-order chi connectivity index (χ1) is 20.8. The molecule has 4 N–H and O–H groups in total.